The third kappa shape index (κ3) is 4.31. The fraction of sp³-hybridized carbons (Fsp3) is 0.474. The van der Waals surface area contributed by atoms with E-state index < -0.39 is 24.7 Å². The summed E-state index contributed by atoms with van der Waals surface area (Å²) in [4.78, 5) is 31.1. The maximum atomic E-state index is 12.6. The van der Waals surface area contributed by atoms with E-state index in [9.17, 15) is 22.8 Å². The number of alkyl halides is 3. The van der Waals surface area contributed by atoms with Gasteiger partial charge in [-0.1, -0.05) is 0 Å². The van der Waals surface area contributed by atoms with Crippen molar-refractivity contribution in [3.8, 4) is 11.3 Å². The summed E-state index contributed by atoms with van der Waals surface area (Å²) in [5.74, 6) is -0.340. The van der Waals surface area contributed by atoms with Gasteiger partial charge in [0.25, 0.3) is 5.56 Å². The molecule has 0 N–H and O–H groups in total. The van der Waals surface area contributed by atoms with Crippen LogP contribution in [-0.4, -0.2) is 68.9 Å². The molecule has 7 nitrogen and oxygen atoms in total. The number of likely N-dealkylation sites (tertiary alicyclic amines) is 2. The van der Waals surface area contributed by atoms with Crippen molar-refractivity contribution in [3.05, 3.63) is 47.0 Å². The Morgan fingerprint density at radius 3 is 2.48 bits per heavy atom. The lowest BCUT2D eigenvalue weighted by Gasteiger charge is -2.42. The molecule has 0 bridgehead atoms. The molecule has 2 fully saturated rings. The Balaban J connectivity index is 1.36. The first-order chi connectivity index (χ1) is 13.8. The maximum Gasteiger partial charge on any atom is 0.406 e. The normalized spacial score (nSPS) is 20.9. The number of pyridine rings is 1. The standard InChI is InChI=1S/C19H20F3N5O2/c20-19(21,22)12-25-8-5-16(18(25)29)26-9-13(10-26)11-27-17(28)2-1-15(24-27)14-3-6-23-7-4-14/h1-4,6-7,13,16H,5,8-12H2. The van der Waals surface area contributed by atoms with Crippen molar-refractivity contribution in [2.24, 2.45) is 5.92 Å². The highest BCUT2D eigenvalue weighted by molar-refractivity contribution is 5.84. The summed E-state index contributed by atoms with van der Waals surface area (Å²) in [7, 11) is 0. The Hall–Kier alpha value is -2.75. The van der Waals surface area contributed by atoms with Crippen LogP contribution in [0.25, 0.3) is 11.3 Å². The molecule has 10 heteroatoms. The van der Waals surface area contributed by atoms with Crippen LogP contribution in [-0.2, 0) is 11.3 Å². The lowest BCUT2D eigenvalue weighted by Crippen LogP contribution is -2.56. The van der Waals surface area contributed by atoms with Crippen LogP contribution in [0.15, 0.2) is 41.5 Å². The third-order valence-corrected chi connectivity index (χ3v) is 5.34. The topological polar surface area (TPSA) is 71.3 Å². The first-order valence-corrected chi connectivity index (χ1v) is 9.38. The second-order valence-electron chi connectivity index (χ2n) is 7.47. The molecule has 4 heterocycles. The van der Waals surface area contributed by atoms with E-state index in [4.69, 9.17) is 0 Å². The number of halogens is 3. The summed E-state index contributed by atoms with van der Waals surface area (Å²) in [6.45, 7) is 0.453. The van der Waals surface area contributed by atoms with E-state index in [0.717, 1.165) is 10.5 Å². The van der Waals surface area contributed by atoms with Gasteiger partial charge in [-0.05, 0) is 24.6 Å². The van der Waals surface area contributed by atoms with E-state index in [1.807, 2.05) is 4.90 Å². The summed E-state index contributed by atoms with van der Waals surface area (Å²) < 4.78 is 39.1. The van der Waals surface area contributed by atoms with Crippen LogP contribution in [0.5, 0.6) is 0 Å². The van der Waals surface area contributed by atoms with Gasteiger partial charge in [0.15, 0.2) is 0 Å². The molecule has 0 saturated carbocycles. The number of carbonyl (C=O) groups is 1. The van der Waals surface area contributed by atoms with Crippen molar-refractivity contribution in [2.75, 3.05) is 26.2 Å². The Morgan fingerprint density at radius 1 is 1.07 bits per heavy atom. The van der Waals surface area contributed by atoms with Crippen molar-refractivity contribution < 1.29 is 18.0 Å². The molecule has 0 spiro atoms. The van der Waals surface area contributed by atoms with Crippen LogP contribution >= 0.6 is 0 Å². The van der Waals surface area contributed by atoms with Gasteiger partial charge in [-0.3, -0.25) is 19.5 Å². The highest BCUT2D eigenvalue weighted by atomic mass is 19.4. The predicted octanol–water partition coefficient (Wildman–Crippen LogP) is 1.40. The van der Waals surface area contributed by atoms with Crippen LogP contribution in [0.1, 0.15) is 6.42 Å². The number of aromatic nitrogens is 3. The molecule has 2 aliphatic rings. The zero-order valence-electron chi connectivity index (χ0n) is 15.5. The van der Waals surface area contributed by atoms with Gasteiger partial charge >= 0.3 is 6.18 Å². The maximum absolute atomic E-state index is 12.6. The Kier molecular flexibility index (Phi) is 5.12. The van der Waals surface area contributed by atoms with E-state index in [1.165, 1.54) is 10.7 Å². The van der Waals surface area contributed by atoms with E-state index in [-0.39, 0.29) is 18.0 Å². The predicted molar refractivity (Wildman–Crippen MR) is 97.8 cm³/mol. The summed E-state index contributed by atoms with van der Waals surface area (Å²) in [6.07, 6.45) is -0.681. The Morgan fingerprint density at radius 2 is 1.79 bits per heavy atom. The van der Waals surface area contributed by atoms with E-state index in [0.29, 0.717) is 31.7 Å². The highest BCUT2D eigenvalue weighted by Gasteiger charge is 2.44. The molecule has 0 aromatic carbocycles. The number of nitrogens with zero attached hydrogens (tertiary/aromatic N) is 5. The highest BCUT2D eigenvalue weighted by Crippen LogP contribution is 2.28. The zero-order valence-corrected chi connectivity index (χ0v) is 15.5. The minimum Gasteiger partial charge on any atom is -0.332 e. The Labute approximate surface area is 164 Å². The van der Waals surface area contributed by atoms with Crippen molar-refractivity contribution in [2.45, 2.75) is 25.2 Å². The molecule has 4 rings (SSSR count). The van der Waals surface area contributed by atoms with Crippen LogP contribution in [0.4, 0.5) is 13.2 Å². The monoisotopic (exact) mass is 407 g/mol. The molecule has 0 radical (unpaired) electrons. The smallest absolute Gasteiger partial charge is 0.332 e. The second-order valence-corrected chi connectivity index (χ2v) is 7.47. The van der Waals surface area contributed by atoms with E-state index >= 15 is 0 Å². The molecule has 1 atom stereocenters. The Bertz CT molecular complexity index is 941. The van der Waals surface area contributed by atoms with Gasteiger partial charge in [0.2, 0.25) is 5.91 Å². The van der Waals surface area contributed by atoms with Crippen LogP contribution in [0.2, 0.25) is 0 Å². The van der Waals surface area contributed by atoms with Gasteiger partial charge < -0.3 is 4.90 Å². The average molecular weight is 407 g/mol. The lowest BCUT2D eigenvalue weighted by atomic mass is 9.97. The van der Waals surface area contributed by atoms with Crippen LogP contribution < -0.4 is 5.56 Å². The van der Waals surface area contributed by atoms with Gasteiger partial charge in [0, 0.05) is 49.6 Å². The van der Waals surface area contributed by atoms with Crippen molar-refractivity contribution in [3.63, 3.8) is 0 Å². The summed E-state index contributed by atoms with van der Waals surface area (Å²) in [5, 5.41) is 4.41. The second kappa shape index (κ2) is 7.58. The SMILES string of the molecule is O=C1C(N2CC(Cn3nc(-c4ccncc4)ccc3=O)C2)CCN1CC(F)(F)F. The fourth-order valence-corrected chi connectivity index (χ4v) is 3.92. The van der Waals surface area contributed by atoms with Crippen molar-refractivity contribution in [1.82, 2.24) is 24.6 Å². The molecule has 2 aromatic heterocycles. The summed E-state index contributed by atoms with van der Waals surface area (Å²) in [6, 6.07) is 6.24. The number of amides is 1. The molecule has 2 aromatic rings. The van der Waals surface area contributed by atoms with E-state index in [2.05, 4.69) is 10.1 Å². The average Bonchev–Trinajstić information content (AvgIpc) is 2.98. The molecule has 29 heavy (non-hydrogen) atoms. The van der Waals surface area contributed by atoms with E-state index in [1.54, 1.807) is 30.6 Å². The number of hydrogen-bond donors (Lipinski definition) is 0. The van der Waals surface area contributed by atoms with Crippen LogP contribution in [0, 0.1) is 5.92 Å². The van der Waals surface area contributed by atoms with Gasteiger partial charge in [-0.2, -0.15) is 18.3 Å². The molecule has 0 aliphatic carbocycles. The van der Waals surface area contributed by atoms with Crippen LogP contribution in [0.3, 0.4) is 0 Å². The van der Waals surface area contributed by atoms with Crippen molar-refractivity contribution in [1.29, 1.82) is 0 Å². The largest absolute Gasteiger partial charge is 0.406 e. The molecular weight excluding hydrogens is 387 g/mol. The van der Waals surface area contributed by atoms with Crippen molar-refractivity contribution >= 4 is 5.91 Å². The van der Waals surface area contributed by atoms with Gasteiger partial charge in [0.05, 0.1) is 18.3 Å². The fourth-order valence-electron chi connectivity index (χ4n) is 3.92. The molecule has 2 saturated heterocycles. The quantitative estimate of drug-likeness (QED) is 0.750. The van der Waals surface area contributed by atoms with Gasteiger partial charge in [-0.15, -0.1) is 0 Å². The molecule has 2 aliphatic heterocycles. The minimum absolute atomic E-state index is 0.123. The number of carbonyl (C=O) groups excluding carboxylic acids is 1. The minimum atomic E-state index is -4.38. The summed E-state index contributed by atoms with van der Waals surface area (Å²) in [5.41, 5.74) is 1.30. The zero-order chi connectivity index (χ0) is 20.6. The third-order valence-electron chi connectivity index (χ3n) is 5.34. The molecule has 1 unspecified atom stereocenters. The van der Waals surface area contributed by atoms with Gasteiger partial charge in [0.1, 0.15) is 6.54 Å². The first kappa shape index (κ1) is 19.6. The van der Waals surface area contributed by atoms with Gasteiger partial charge in [-0.25, -0.2) is 4.68 Å². The number of hydrogen-bond acceptors (Lipinski definition) is 5. The first-order valence-electron chi connectivity index (χ1n) is 9.38. The molecule has 1 amide bonds. The molecular formula is C19H20F3N5O2. The lowest BCUT2D eigenvalue weighted by molar-refractivity contribution is -0.160. The summed E-state index contributed by atoms with van der Waals surface area (Å²) >= 11 is 0. The number of rotatable bonds is 5. The molecule has 154 valence electrons.